The smallest absolute Gasteiger partial charge is 0.308 e. The number of benzene rings is 2. The Bertz CT molecular complexity index is 1160. The zero-order valence-corrected chi connectivity index (χ0v) is 17.5. The minimum Gasteiger partial charge on any atom is -0.456 e. The number of fused-ring (bicyclic) bond motifs is 1. The highest BCUT2D eigenvalue weighted by atomic mass is 79.9. The van der Waals surface area contributed by atoms with Gasteiger partial charge in [0.25, 0.3) is 17.7 Å². The summed E-state index contributed by atoms with van der Waals surface area (Å²) in [6.07, 6.45) is -0.128. The van der Waals surface area contributed by atoms with Crippen LogP contribution in [0.2, 0.25) is 0 Å². The Hall–Kier alpha value is -3.33. The number of rotatable bonds is 6. The number of esters is 1. The van der Waals surface area contributed by atoms with Crippen LogP contribution < -0.4 is 0 Å². The molecular weight excluding hydrogens is 454 g/mol. The number of imide groups is 1. The van der Waals surface area contributed by atoms with Crippen molar-refractivity contribution in [1.82, 2.24) is 15.0 Å². The number of halogens is 1. The summed E-state index contributed by atoms with van der Waals surface area (Å²) >= 11 is 3.38. The van der Waals surface area contributed by atoms with E-state index < -0.39 is 17.8 Å². The van der Waals surface area contributed by atoms with Crippen molar-refractivity contribution in [2.45, 2.75) is 20.0 Å². The molecule has 0 bridgehead atoms. The van der Waals surface area contributed by atoms with Gasteiger partial charge in [-0.2, -0.15) is 4.98 Å². The van der Waals surface area contributed by atoms with Crippen LogP contribution in [0.25, 0.3) is 11.4 Å². The lowest BCUT2D eigenvalue weighted by Crippen LogP contribution is -2.32. The van der Waals surface area contributed by atoms with Gasteiger partial charge in [0.05, 0.1) is 17.5 Å². The predicted octanol–water partition coefficient (Wildman–Crippen LogP) is 3.54. The van der Waals surface area contributed by atoms with Crippen molar-refractivity contribution in [2.24, 2.45) is 0 Å². The lowest BCUT2D eigenvalue weighted by Gasteiger charge is -2.12. The molecular formula is C21H16BrN3O5. The Morgan fingerprint density at radius 3 is 2.73 bits per heavy atom. The van der Waals surface area contributed by atoms with E-state index in [1.165, 1.54) is 0 Å². The van der Waals surface area contributed by atoms with Gasteiger partial charge in [0, 0.05) is 16.6 Å². The van der Waals surface area contributed by atoms with Crippen molar-refractivity contribution in [1.29, 1.82) is 0 Å². The molecule has 0 N–H and O–H groups in total. The van der Waals surface area contributed by atoms with Crippen LogP contribution >= 0.6 is 15.9 Å². The SMILES string of the molecule is Cc1ccc2c(c1)C(=O)N(CCC(=O)OCc1nc(-c3cccc(Br)c3)no1)C2=O. The van der Waals surface area contributed by atoms with Crippen LogP contribution in [0.5, 0.6) is 0 Å². The molecule has 0 saturated carbocycles. The van der Waals surface area contributed by atoms with Gasteiger partial charge in [-0.3, -0.25) is 19.3 Å². The highest BCUT2D eigenvalue weighted by molar-refractivity contribution is 9.10. The van der Waals surface area contributed by atoms with Gasteiger partial charge in [0.1, 0.15) is 0 Å². The molecule has 2 amide bonds. The number of carbonyl (C=O) groups is 3. The van der Waals surface area contributed by atoms with Crippen molar-refractivity contribution < 1.29 is 23.6 Å². The summed E-state index contributed by atoms with van der Waals surface area (Å²) in [6.45, 7) is 1.59. The van der Waals surface area contributed by atoms with Crippen LogP contribution in [-0.2, 0) is 16.1 Å². The first-order valence-corrected chi connectivity index (χ1v) is 9.92. The summed E-state index contributed by atoms with van der Waals surface area (Å²) in [5.74, 6) is -0.858. The van der Waals surface area contributed by atoms with E-state index in [9.17, 15) is 14.4 Å². The third kappa shape index (κ3) is 4.02. The second-order valence-electron chi connectivity index (χ2n) is 6.74. The molecule has 152 valence electrons. The highest BCUT2D eigenvalue weighted by Crippen LogP contribution is 2.24. The van der Waals surface area contributed by atoms with Gasteiger partial charge in [-0.25, -0.2) is 0 Å². The molecule has 2 heterocycles. The minimum atomic E-state index is -0.579. The molecule has 30 heavy (non-hydrogen) atoms. The third-order valence-electron chi connectivity index (χ3n) is 4.57. The van der Waals surface area contributed by atoms with Gasteiger partial charge < -0.3 is 9.26 Å². The topological polar surface area (TPSA) is 103 Å². The maximum atomic E-state index is 12.4. The quantitative estimate of drug-likeness (QED) is 0.401. The molecule has 0 radical (unpaired) electrons. The number of hydrogen-bond donors (Lipinski definition) is 0. The standard InChI is InChI=1S/C21H16BrN3O5/c1-12-5-6-15-16(9-12)21(28)25(20(15)27)8-7-18(26)29-11-17-23-19(24-30-17)13-3-2-4-14(22)10-13/h2-6,9-10H,7-8,11H2,1H3. The maximum absolute atomic E-state index is 12.4. The number of aromatic nitrogens is 2. The monoisotopic (exact) mass is 469 g/mol. The Kier molecular flexibility index (Phi) is 5.45. The van der Waals surface area contributed by atoms with Crippen LogP contribution in [0.15, 0.2) is 51.5 Å². The van der Waals surface area contributed by atoms with E-state index in [1.807, 2.05) is 31.2 Å². The van der Waals surface area contributed by atoms with Crippen LogP contribution in [0.3, 0.4) is 0 Å². The number of ether oxygens (including phenoxy) is 1. The fourth-order valence-corrected chi connectivity index (χ4v) is 3.48. The number of nitrogens with zero attached hydrogens (tertiary/aromatic N) is 3. The summed E-state index contributed by atoms with van der Waals surface area (Å²) in [5, 5.41) is 3.87. The molecule has 0 atom stereocenters. The molecule has 0 saturated heterocycles. The van der Waals surface area contributed by atoms with E-state index in [4.69, 9.17) is 9.26 Å². The second kappa shape index (κ2) is 8.19. The van der Waals surface area contributed by atoms with Gasteiger partial charge in [0.2, 0.25) is 5.82 Å². The van der Waals surface area contributed by atoms with Gasteiger partial charge in [-0.15, -0.1) is 0 Å². The van der Waals surface area contributed by atoms with E-state index in [0.29, 0.717) is 17.0 Å². The highest BCUT2D eigenvalue weighted by Gasteiger charge is 2.35. The van der Waals surface area contributed by atoms with E-state index in [-0.39, 0.29) is 25.5 Å². The number of amides is 2. The van der Waals surface area contributed by atoms with Crippen molar-refractivity contribution in [3.05, 3.63) is 69.5 Å². The molecule has 8 nitrogen and oxygen atoms in total. The van der Waals surface area contributed by atoms with Crippen molar-refractivity contribution in [3.63, 3.8) is 0 Å². The van der Waals surface area contributed by atoms with Crippen LogP contribution in [-0.4, -0.2) is 39.4 Å². The first kappa shape index (κ1) is 20.0. The molecule has 0 unspecified atom stereocenters. The first-order chi connectivity index (χ1) is 14.4. The summed E-state index contributed by atoms with van der Waals surface area (Å²) in [6, 6.07) is 12.5. The molecule has 0 fully saturated rings. The van der Waals surface area contributed by atoms with Gasteiger partial charge in [0.15, 0.2) is 6.61 Å². The number of aryl methyl sites for hydroxylation is 1. The Morgan fingerprint density at radius 1 is 1.13 bits per heavy atom. The third-order valence-corrected chi connectivity index (χ3v) is 5.07. The van der Waals surface area contributed by atoms with E-state index in [1.54, 1.807) is 18.2 Å². The van der Waals surface area contributed by atoms with E-state index >= 15 is 0 Å². The maximum Gasteiger partial charge on any atom is 0.308 e. The fraction of sp³-hybridized carbons (Fsp3) is 0.190. The Balaban J connectivity index is 1.31. The molecule has 0 aliphatic carbocycles. The fourth-order valence-electron chi connectivity index (χ4n) is 3.08. The zero-order chi connectivity index (χ0) is 21.3. The van der Waals surface area contributed by atoms with Gasteiger partial charge >= 0.3 is 5.97 Å². The predicted molar refractivity (Wildman–Crippen MR) is 108 cm³/mol. The lowest BCUT2D eigenvalue weighted by atomic mass is 10.1. The molecule has 1 aromatic heterocycles. The Labute approximate surface area is 180 Å². The summed E-state index contributed by atoms with van der Waals surface area (Å²) in [4.78, 5) is 42.1. The molecule has 1 aliphatic rings. The van der Waals surface area contributed by atoms with Gasteiger partial charge in [-0.05, 0) is 31.2 Å². The summed E-state index contributed by atoms with van der Waals surface area (Å²) in [5.41, 5.74) is 2.36. The lowest BCUT2D eigenvalue weighted by molar-refractivity contribution is -0.145. The van der Waals surface area contributed by atoms with E-state index in [2.05, 4.69) is 26.1 Å². The summed E-state index contributed by atoms with van der Waals surface area (Å²) in [7, 11) is 0. The molecule has 2 aromatic carbocycles. The number of hydrogen-bond acceptors (Lipinski definition) is 7. The van der Waals surface area contributed by atoms with Crippen molar-refractivity contribution in [3.8, 4) is 11.4 Å². The molecule has 0 spiro atoms. The van der Waals surface area contributed by atoms with E-state index in [0.717, 1.165) is 20.5 Å². The Morgan fingerprint density at radius 2 is 1.93 bits per heavy atom. The van der Waals surface area contributed by atoms with Crippen molar-refractivity contribution in [2.75, 3.05) is 6.54 Å². The molecule has 9 heteroatoms. The molecule has 1 aliphatic heterocycles. The van der Waals surface area contributed by atoms with Gasteiger partial charge in [-0.1, -0.05) is 44.8 Å². The summed E-state index contributed by atoms with van der Waals surface area (Å²) < 4.78 is 11.1. The normalized spacial score (nSPS) is 12.9. The zero-order valence-electron chi connectivity index (χ0n) is 15.9. The average molecular weight is 470 g/mol. The number of carbonyl (C=O) groups excluding carboxylic acids is 3. The first-order valence-electron chi connectivity index (χ1n) is 9.13. The van der Waals surface area contributed by atoms with Crippen molar-refractivity contribution >= 4 is 33.7 Å². The molecule has 3 aromatic rings. The van der Waals surface area contributed by atoms with Crippen LogP contribution in [0, 0.1) is 6.92 Å². The minimum absolute atomic E-state index is 0.0582. The second-order valence-corrected chi connectivity index (χ2v) is 7.66. The average Bonchev–Trinajstić information content (AvgIpc) is 3.29. The molecule has 4 rings (SSSR count). The largest absolute Gasteiger partial charge is 0.456 e. The van der Waals surface area contributed by atoms with Crippen LogP contribution in [0.1, 0.15) is 38.6 Å². The van der Waals surface area contributed by atoms with Crippen LogP contribution in [0.4, 0.5) is 0 Å².